The van der Waals surface area contributed by atoms with Crippen LogP contribution >= 0.6 is 11.6 Å². The van der Waals surface area contributed by atoms with Crippen molar-refractivity contribution in [2.75, 3.05) is 12.3 Å². The number of aryl methyl sites for hydroxylation is 1. The molecular weight excluding hydrogens is 309 g/mol. The van der Waals surface area contributed by atoms with Crippen molar-refractivity contribution >= 4 is 23.3 Å². The van der Waals surface area contributed by atoms with Crippen LogP contribution in [-0.4, -0.2) is 17.7 Å². The molecule has 2 aromatic rings. The Kier molecular flexibility index (Phi) is 5.22. The Morgan fingerprint density at radius 2 is 2.05 bits per heavy atom. The first-order chi connectivity index (χ1) is 10.5. The average molecular weight is 324 g/mol. The number of anilines is 1. The molecule has 0 unspecified atom stereocenters. The number of phenols is 1. The molecule has 0 saturated heterocycles. The largest absolute Gasteiger partial charge is 0.507 e. The lowest BCUT2D eigenvalue weighted by atomic mass is 10.1. The summed E-state index contributed by atoms with van der Waals surface area (Å²) in [6.07, 6.45) is 1.07. The normalized spacial score (nSPS) is 10.5. The van der Waals surface area contributed by atoms with Crippen LogP contribution in [0, 0.1) is 5.82 Å². The third-order valence-corrected chi connectivity index (χ3v) is 3.37. The number of esters is 1. The predicted octanol–water partition coefficient (Wildman–Crippen LogP) is 3.56. The smallest absolute Gasteiger partial charge is 0.341 e. The zero-order valence-electron chi connectivity index (χ0n) is 11.7. The van der Waals surface area contributed by atoms with Crippen molar-refractivity contribution in [2.24, 2.45) is 0 Å². The lowest BCUT2D eigenvalue weighted by Crippen LogP contribution is -2.08. The molecule has 0 aliphatic rings. The first kappa shape index (κ1) is 16.1. The summed E-state index contributed by atoms with van der Waals surface area (Å²) in [5.74, 6) is -1.30. The molecule has 2 aromatic carbocycles. The summed E-state index contributed by atoms with van der Waals surface area (Å²) >= 11 is 5.60. The number of hydrogen-bond acceptors (Lipinski definition) is 4. The van der Waals surface area contributed by atoms with Crippen molar-refractivity contribution in [3.8, 4) is 5.75 Å². The third kappa shape index (κ3) is 4.11. The van der Waals surface area contributed by atoms with Crippen molar-refractivity contribution in [2.45, 2.75) is 12.8 Å². The number of benzene rings is 2. The molecule has 0 saturated carbocycles. The summed E-state index contributed by atoms with van der Waals surface area (Å²) in [4.78, 5) is 11.8. The van der Waals surface area contributed by atoms with E-state index < -0.39 is 11.8 Å². The Morgan fingerprint density at radius 1 is 1.27 bits per heavy atom. The van der Waals surface area contributed by atoms with E-state index in [9.17, 15) is 14.3 Å². The van der Waals surface area contributed by atoms with Crippen LogP contribution in [0.25, 0.3) is 0 Å². The number of aromatic hydroxyl groups is 1. The van der Waals surface area contributed by atoms with E-state index in [-0.39, 0.29) is 22.9 Å². The molecule has 4 nitrogen and oxygen atoms in total. The maximum Gasteiger partial charge on any atom is 0.341 e. The number of halogens is 2. The predicted molar refractivity (Wildman–Crippen MR) is 82.5 cm³/mol. The molecule has 0 aromatic heterocycles. The third-order valence-electron chi connectivity index (χ3n) is 3.07. The van der Waals surface area contributed by atoms with Crippen LogP contribution in [0.5, 0.6) is 5.75 Å². The fourth-order valence-electron chi connectivity index (χ4n) is 1.93. The van der Waals surface area contributed by atoms with Gasteiger partial charge in [0.1, 0.15) is 17.1 Å². The average Bonchev–Trinajstić information content (AvgIpc) is 2.49. The molecule has 3 N–H and O–H groups in total. The summed E-state index contributed by atoms with van der Waals surface area (Å²) in [6, 6.07) is 8.74. The lowest BCUT2D eigenvalue weighted by molar-refractivity contribution is 0.0497. The van der Waals surface area contributed by atoms with Crippen LogP contribution < -0.4 is 5.73 Å². The highest BCUT2D eigenvalue weighted by atomic mass is 35.5. The van der Waals surface area contributed by atoms with Crippen molar-refractivity contribution in [1.82, 2.24) is 0 Å². The number of carbonyl (C=O) groups excluding carboxylic acids is 1. The van der Waals surface area contributed by atoms with Gasteiger partial charge in [-0.25, -0.2) is 9.18 Å². The van der Waals surface area contributed by atoms with Crippen molar-refractivity contribution in [1.29, 1.82) is 0 Å². The number of phenolic OH excluding ortho intramolecular Hbond substituents is 1. The van der Waals surface area contributed by atoms with Crippen LogP contribution in [0.2, 0.25) is 5.02 Å². The summed E-state index contributed by atoms with van der Waals surface area (Å²) < 4.78 is 18.3. The number of ether oxygens (including phenoxy) is 1. The molecule has 0 amide bonds. The molecular formula is C16H15ClFNO3. The Bertz CT molecular complexity index is 691. The Labute approximate surface area is 132 Å². The molecule has 0 aliphatic heterocycles. The minimum atomic E-state index is -0.646. The Balaban J connectivity index is 1.84. The zero-order chi connectivity index (χ0) is 16.1. The van der Waals surface area contributed by atoms with Crippen LogP contribution in [0.4, 0.5) is 10.1 Å². The summed E-state index contributed by atoms with van der Waals surface area (Å²) in [6.45, 7) is 0.150. The molecule has 0 spiro atoms. The molecule has 6 heteroatoms. The minimum absolute atomic E-state index is 0.0255. The van der Waals surface area contributed by atoms with E-state index in [1.165, 1.54) is 30.3 Å². The maximum atomic E-state index is 13.3. The van der Waals surface area contributed by atoms with Crippen LogP contribution in [0.3, 0.4) is 0 Å². The fourth-order valence-corrected chi connectivity index (χ4v) is 2.05. The van der Waals surface area contributed by atoms with Gasteiger partial charge >= 0.3 is 5.97 Å². The van der Waals surface area contributed by atoms with E-state index >= 15 is 0 Å². The number of nitrogens with two attached hydrogens (primary N) is 1. The zero-order valence-corrected chi connectivity index (χ0v) is 12.4. The first-order valence-electron chi connectivity index (χ1n) is 6.67. The van der Waals surface area contributed by atoms with Gasteiger partial charge in [0.15, 0.2) is 0 Å². The SMILES string of the molecule is Nc1ccc(O)c(C(=O)OCCCc2ccc(Cl)c(F)c2)c1. The standard InChI is InChI=1S/C16H15ClFNO3/c17-13-5-3-10(8-14(13)18)2-1-7-22-16(21)12-9-11(19)4-6-15(12)20/h3-6,8-9,20H,1-2,7,19H2. The van der Waals surface area contributed by atoms with Gasteiger partial charge in [-0.1, -0.05) is 17.7 Å². The minimum Gasteiger partial charge on any atom is -0.507 e. The molecule has 0 bridgehead atoms. The van der Waals surface area contributed by atoms with Crippen molar-refractivity contribution in [3.05, 3.63) is 58.4 Å². The molecule has 116 valence electrons. The monoisotopic (exact) mass is 323 g/mol. The molecule has 22 heavy (non-hydrogen) atoms. The van der Waals surface area contributed by atoms with Crippen LogP contribution in [0.15, 0.2) is 36.4 Å². The first-order valence-corrected chi connectivity index (χ1v) is 7.04. The highest BCUT2D eigenvalue weighted by Gasteiger charge is 2.12. The van der Waals surface area contributed by atoms with E-state index in [0.29, 0.717) is 18.5 Å². The Hall–Kier alpha value is -2.27. The second-order valence-electron chi connectivity index (χ2n) is 4.76. The van der Waals surface area contributed by atoms with Crippen molar-refractivity contribution in [3.63, 3.8) is 0 Å². The van der Waals surface area contributed by atoms with E-state index in [0.717, 1.165) is 5.56 Å². The summed E-state index contributed by atoms with van der Waals surface area (Å²) in [5.41, 5.74) is 6.71. The van der Waals surface area contributed by atoms with Gasteiger partial charge in [0.25, 0.3) is 0 Å². The van der Waals surface area contributed by atoms with Gasteiger partial charge in [0.2, 0.25) is 0 Å². The van der Waals surface area contributed by atoms with E-state index in [1.807, 2.05) is 0 Å². The fraction of sp³-hybridized carbons (Fsp3) is 0.188. The molecule has 0 atom stereocenters. The van der Waals surface area contributed by atoms with E-state index in [4.69, 9.17) is 22.1 Å². The van der Waals surface area contributed by atoms with Crippen LogP contribution in [-0.2, 0) is 11.2 Å². The maximum absolute atomic E-state index is 13.3. The second kappa shape index (κ2) is 7.13. The number of nitrogen functional groups attached to an aromatic ring is 1. The van der Waals surface area contributed by atoms with E-state index in [1.54, 1.807) is 6.07 Å². The van der Waals surface area contributed by atoms with Crippen molar-refractivity contribution < 1.29 is 19.0 Å². The quantitative estimate of drug-likeness (QED) is 0.382. The van der Waals surface area contributed by atoms with Gasteiger partial charge in [-0.2, -0.15) is 0 Å². The molecule has 0 heterocycles. The van der Waals surface area contributed by atoms with Gasteiger partial charge in [-0.15, -0.1) is 0 Å². The van der Waals surface area contributed by atoms with Gasteiger partial charge in [-0.05, 0) is 48.7 Å². The molecule has 0 aliphatic carbocycles. The van der Waals surface area contributed by atoms with Crippen LogP contribution in [0.1, 0.15) is 22.3 Å². The van der Waals surface area contributed by atoms with Gasteiger partial charge in [0.05, 0.1) is 11.6 Å². The number of carbonyl (C=O) groups is 1. The van der Waals surface area contributed by atoms with E-state index in [2.05, 4.69) is 0 Å². The topological polar surface area (TPSA) is 72.5 Å². The molecule has 2 rings (SSSR count). The Morgan fingerprint density at radius 3 is 2.77 bits per heavy atom. The number of rotatable bonds is 5. The molecule has 0 fully saturated rings. The highest BCUT2D eigenvalue weighted by Crippen LogP contribution is 2.21. The summed E-state index contributed by atoms with van der Waals surface area (Å²) in [7, 11) is 0. The summed E-state index contributed by atoms with van der Waals surface area (Å²) in [5, 5.41) is 9.66. The van der Waals surface area contributed by atoms with Gasteiger partial charge in [-0.3, -0.25) is 0 Å². The number of hydrogen-bond donors (Lipinski definition) is 2. The van der Waals surface area contributed by atoms with Gasteiger partial charge < -0.3 is 15.6 Å². The second-order valence-corrected chi connectivity index (χ2v) is 5.17. The van der Waals surface area contributed by atoms with Gasteiger partial charge in [0, 0.05) is 5.69 Å². The highest BCUT2D eigenvalue weighted by molar-refractivity contribution is 6.30. The molecule has 0 radical (unpaired) electrons. The lowest BCUT2D eigenvalue weighted by Gasteiger charge is -2.07.